The van der Waals surface area contributed by atoms with E-state index in [0.717, 1.165) is 0 Å². The summed E-state index contributed by atoms with van der Waals surface area (Å²) in [5, 5.41) is 21.7. The van der Waals surface area contributed by atoms with Gasteiger partial charge < -0.3 is 25.0 Å². The molecule has 0 radical (unpaired) electrons. The van der Waals surface area contributed by atoms with Crippen LogP contribution in [0.5, 0.6) is 11.5 Å². The minimum absolute atomic E-state index is 0.0580. The van der Waals surface area contributed by atoms with Gasteiger partial charge in [-0.25, -0.2) is 0 Å². The van der Waals surface area contributed by atoms with Crippen molar-refractivity contribution in [1.82, 2.24) is 5.32 Å². The lowest BCUT2D eigenvalue weighted by atomic mass is 10.1. The Balaban J connectivity index is 1.65. The molecule has 108 valence electrons. The summed E-state index contributed by atoms with van der Waals surface area (Å²) < 4.78 is 10.4. The van der Waals surface area contributed by atoms with Crippen LogP contribution in [0.25, 0.3) is 0 Å². The average Bonchev–Trinajstić information content (AvgIpc) is 3.03. The highest BCUT2D eigenvalue weighted by Gasteiger charge is 2.33. The molecule has 3 rings (SSSR count). The molecular weight excluding hydrogens is 262 g/mol. The van der Waals surface area contributed by atoms with E-state index in [1.54, 1.807) is 18.2 Å². The van der Waals surface area contributed by atoms with E-state index in [0.29, 0.717) is 29.9 Å². The highest BCUT2D eigenvalue weighted by atomic mass is 16.7. The van der Waals surface area contributed by atoms with Crippen molar-refractivity contribution in [3.63, 3.8) is 0 Å². The lowest BCUT2D eigenvalue weighted by Gasteiger charge is -2.12. The number of carbonyl (C=O) groups excluding carboxylic acids is 1. The van der Waals surface area contributed by atoms with Gasteiger partial charge in [-0.15, -0.1) is 0 Å². The number of fused-ring (bicyclic) bond motifs is 1. The molecule has 0 saturated heterocycles. The number of hydrogen-bond donors (Lipinski definition) is 3. The van der Waals surface area contributed by atoms with Crippen LogP contribution in [0.4, 0.5) is 0 Å². The molecule has 3 N–H and O–H groups in total. The topological polar surface area (TPSA) is 88.0 Å². The van der Waals surface area contributed by atoms with Gasteiger partial charge in [0, 0.05) is 24.1 Å². The van der Waals surface area contributed by atoms with Gasteiger partial charge in [0.15, 0.2) is 11.5 Å². The molecule has 3 atom stereocenters. The van der Waals surface area contributed by atoms with Crippen LogP contribution in [0, 0.1) is 5.92 Å². The third-order valence-electron chi connectivity index (χ3n) is 3.86. The molecule has 2 aliphatic rings. The Hall–Kier alpha value is -1.79. The van der Waals surface area contributed by atoms with Gasteiger partial charge in [0.25, 0.3) is 5.91 Å². The SMILES string of the molecule is O=C(N[C@H]1C[C@H](CO)[C@@H](O)C1)c1ccc2c(c1)OCO2. The molecule has 1 heterocycles. The van der Waals surface area contributed by atoms with Crippen LogP contribution in [-0.4, -0.2) is 41.7 Å². The lowest BCUT2D eigenvalue weighted by Crippen LogP contribution is -2.33. The molecule has 1 amide bonds. The zero-order valence-corrected chi connectivity index (χ0v) is 10.9. The number of amides is 1. The smallest absolute Gasteiger partial charge is 0.251 e. The van der Waals surface area contributed by atoms with Crippen molar-refractivity contribution in [1.29, 1.82) is 0 Å². The van der Waals surface area contributed by atoms with Gasteiger partial charge in [0.2, 0.25) is 6.79 Å². The fourth-order valence-electron chi connectivity index (χ4n) is 2.72. The van der Waals surface area contributed by atoms with Crippen molar-refractivity contribution < 1.29 is 24.5 Å². The molecule has 1 aliphatic carbocycles. The first-order valence-corrected chi connectivity index (χ1v) is 6.67. The van der Waals surface area contributed by atoms with Gasteiger partial charge in [0.1, 0.15) is 0 Å². The zero-order chi connectivity index (χ0) is 14.1. The Kier molecular flexibility index (Phi) is 3.50. The van der Waals surface area contributed by atoms with Crippen LogP contribution >= 0.6 is 0 Å². The molecule has 1 aromatic carbocycles. The van der Waals surface area contributed by atoms with Gasteiger partial charge in [-0.05, 0) is 31.0 Å². The number of aliphatic hydroxyl groups excluding tert-OH is 2. The number of nitrogens with one attached hydrogen (secondary N) is 1. The van der Waals surface area contributed by atoms with Gasteiger partial charge in [-0.1, -0.05) is 0 Å². The van der Waals surface area contributed by atoms with Crippen molar-refractivity contribution in [2.75, 3.05) is 13.4 Å². The molecule has 1 aromatic rings. The van der Waals surface area contributed by atoms with E-state index in [1.165, 1.54) is 0 Å². The largest absolute Gasteiger partial charge is 0.454 e. The maximum Gasteiger partial charge on any atom is 0.251 e. The van der Waals surface area contributed by atoms with E-state index in [4.69, 9.17) is 14.6 Å². The van der Waals surface area contributed by atoms with E-state index in [9.17, 15) is 9.90 Å². The second-order valence-electron chi connectivity index (χ2n) is 5.22. The zero-order valence-electron chi connectivity index (χ0n) is 10.9. The van der Waals surface area contributed by atoms with Crippen LogP contribution in [0.2, 0.25) is 0 Å². The second kappa shape index (κ2) is 5.30. The van der Waals surface area contributed by atoms with Crippen LogP contribution in [0.1, 0.15) is 23.2 Å². The number of ether oxygens (including phenoxy) is 2. The summed E-state index contributed by atoms with van der Waals surface area (Å²) in [4.78, 5) is 12.2. The Labute approximate surface area is 116 Å². The highest BCUT2D eigenvalue weighted by molar-refractivity contribution is 5.95. The summed E-state index contributed by atoms with van der Waals surface area (Å²) in [6.45, 7) is 0.116. The molecule has 0 spiro atoms. The summed E-state index contributed by atoms with van der Waals surface area (Å²) >= 11 is 0. The average molecular weight is 279 g/mol. The quantitative estimate of drug-likeness (QED) is 0.739. The van der Waals surface area contributed by atoms with E-state index in [2.05, 4.69) is 5.32 Å². The second-order valence-corrected chi connectivity index (χ2v) is 5.22. The minimum atomic E-state index is -0.554. The van der Waals surface area contributed by atoms with E-state index in [-0.39, 0.29) is 31.3 Å². The van der Waals surface area contributed by atoms with E-state index in [1.807, 2.05) is 0 Å². The summed E-state index contributed by atoms with van der Waals surface area (Å²) in [6, 6.07) is 4.92. The molecule has 6 heteroatoms. The number of benzene rings is 1. The summed E-state index contributed by atoms with van der Waals surface area (Å²) in [5.74, 6) is 0.840. The molecule has 0 bridgehead atoms. The van der Waals surface area contributed by atoms with Crippen molar-refractivity contribution in [2.24, 2.45) is 5.92 Å². The number of rotatable bonds is 3. The first kappa shape index (κ1) is 13.2. The minimum Gasteiger partial charge on any atom is -0.454 e. The van der Waals surface area contributed by atoms with E-state index >= 15 is 0 Å². The molecule has 1 fully saturated rings. The molecule has 1 saturated carbocycles. The van der Waals surface area contributed by atoms with Gasteiger partial charge in [-0.2, -0.15) is 0 Å². The molecule has 1 aliphatic heterocycles. The standard InChI is InChI=1S/C14H17NO5/c16-6-9-3-10(5-11(9)17)15-14(18)8-1-2-12-13(4-8)20-7-19-12/h1-2,4,9-11,16-17H,3,5-7H2,(H,15,18)/t9-,10+,11+/m1/s1. The van der Waals surface area contributed by atoms with Crippen molar-refractivity contribution in [3.05, 3.63) is 23.8 Å². The van der Waals surface area contributed by atoms with E-state index < -0.39 is 6.10 Å². The first-order chi connectivity index (χ1) is 9.67. The fraction of sp³-hybridized carbons (Fsp3) is 0.500. The van der Waals surface area contributed by atoms with Gasteiger partial charge in [-0.3, -0.25) is 4.79 Å². The lowest BCUT2D eigenvalue weighted by molar-refractivity contribution is 0.0903. The molecule has 0 aromatic heterocycles. The van der Waals surface area contributed by atoms with Crippen LogP contribution in [0.15, 0.2) is 18.2 Å². The maximum absolute atomic E-state index is 12.2. The summed E-state index contributed by atoms with van der Waals surface area (Å²) in [7, 11) is 0. The molecule has 0 unspecified atom stereocenters. The third-order valence-corrected chi connectivity index (χ3v) is 3.86. The normalized spacial score (nSPS) is 27.6. The predicted molar refractivity (Wildman–Crippen MR) is 69.6 cm³/mol. The Bertz CT molecular complexity index is 518. The fourth-order valence-corrected chi connectivity index (χ4v) is 2.72. The molecular formula is C14H17NO5. The first-order valence-electron chi connectivity index (χ1n) is 6.67. The Morgan fingerprint density at radius 1 is 1.30 bits per heavy atom. The van der Waals surface area contributed by atoms with Gasteiger partial charge >= 0.3 is 0 Å². The van der Waals surface area contributed by atoms with Crippen molar-refractivity contribution in [3.8, 4) is 11.5 Å². The van der Waals surface area contributed by atoms with Crippen LogP contribution in [0.3, 0.4) is 0 Å². The highest BCUT2D eigenvalue weighted by Crippen LogP contribution is 2.32. The molecule has 20 heavy (non-hydrogen) atoms. The van der Waals surface area contributed by atoms with Crippen molar-refractivity contribution >= 4 is 5.91 Å². The third kappa shape index (κ3) is 2.44. The summed E-state index contributed by atoms with van der Waals surface area (Å²) in [6.07, 6.45) is 0.511. The Morgan fingerprint density at radius 3 is 2.85 bits per heavy atom. The number of hydrogen-bond acceptors (Lipinski definition) is 5. The Morgan fingerprint density at radius 2 is 2.10 bits per heavy atom. The summed E-state index contributed by atoms with van der Waals surface area (Å²) in [5.41, 5.74) is 0.496. The van der Waals surface area contributed by atoms with Gasteiger partial charge in [0.05, 0.1) is 6.10 Å². The maximum atomic E-state index is 12.2. The van der Waals surface area contributed by atoms with Crippen LogP contribution < -0.4 is 14.8 Å². The predicted octanol–water partition coefficient (Wildman–Crippen LogP) is 0.277. The number of carbonyl (C=O) groups is 1. The number of aliphatic hydroxyl groups is 2. The van der Waals surface area contributed by atoms with Crippen molar-refractivity contribution in [2.45, 2.75) is 25.0 Å². The van der Waals surface area contributed by atoms with Crippen LogP contribution in [-0.2, 0) is 0 Å². The monoisotopic (exact) mass is 279 g/mol. The molecule has 6 nitrogen and oxygen atoms in total.